The van der Waals surface area contributed by atoms with Crippen LogP contribution in [0.25, 0.3) is 0 Å². The number of hydrogen-bond donors (Lipinski definition) is 0. The fourth-order valence-corrected chi connectivity index (χ4v) is 3.40. The second kappa shape index (κ2) is 8.01. The molecule has 0 N–H and O–H groups in total. The van der Waals surface area contributed by atoms with Gasteiger partial charge in [0.05, 0.1) is 36.7 Å². The summed E-state index contributed by atoms with van der Waals surface area (Å²) in [6.07, 6.45) is 4.43. The van der Waals surface area contributed by atoms with Crippen molar-refractivity contribution >= 4 is 24.0 Å². The first kappa shape index (κ1) is 18.6. The average molecular weight is 375 g/mol. The summed E-state index contributed by atoms with van der Waals surface area (Å²) in [6, 6.07) is 6.04. The maximum absolute atomic E-state index is 12.9. The van der Waals surface area contributed by atoms with Gasteiger partial charge in [0.25, 0.3) is 5.91 Å². The van der Waals surface area contributed by atoms with Crippen molar-refractivity contribution in [3.63, 3.8) is 0 Å². The van der Waals surface area contributed by atoms with E-state index in [1.807, 2.05) is 36.4 Å². The van der Waals surface area contributed by atoms with Crippen LogP contribution in [0.4, 0.5) is 5.69 Å². The number of morpholine rings is 1. The minimum atomic E-state index is 0. The molecule has 138 valence electrons. The molecule has 2 aliphatic rings. The topological polar surface area (TPSA) is 58.6 Å². The molecule has 6 nitrogen and oxygen atoms in total. The van der Waals surface area contributed by atoms with Gasteiger partial charge < -0.3 is 14.5 Å². The smallest absolute Gasteiger partial charge is 0.258 e. The number of carbonyl (C=O) groups excluding carboxylic acids is 1. The van der Waals surface area contributed by atoms with E-state index in [0.717, 1.165) is 47.7 Å². The number of nitrogens with zero attached hydrogens (tertiary/aromatic N) is 4. The number of pyridine rings is 2. The third kappa shape index (κ3) is 3.66. The van der Waals surface area contributed by atoms with Gasteiger partial charge in [0.2, 0.25) is 0 Å². The summed E-state index contributed by atoms with van der Waals surface area (Å²) in [5, 5.41) is 0. The number of aryl methyl sites for hydroxylation is 1. The first-order valence-electron chi connectivity index (χ1n) is 8.74. The minimum absolute atomic E-state index is 0. The van der Waals surface area contributed by atoms with E-state index in [1.165, 1.54) is 0 Å². The van der Waals surface area contributed by atoms with Crippen molar-refractivity contribution in [2.75, 3.05) is 37.7 Å². The van der Waals surface area contributed by atoms with E-state index in [1.54, 1.807) is 0 Å². The monoisotopic (exact) mass is 374 g/mol. The zero-order valence-electron chi connectivity index (χ0n) is 14.9. The van der Waals surface area contributed by atoms with Crippen molar-refractivity contribution < 1.29 is 9.53 Å². The Bertz CT molecular complexity index is 776. The predicted molar refractivity (Wildman–Crippen MR) is 102 cm³/mol. The van der Waals surface area contributed by atoms with Gasteiger partial charge in [-0.2, -0.15) is 0 Å². The van der Waals surface area contributed by atoms with Crippen molar-refractivity contribution in [2.45, 2.75) is 19.9 Å². The van der Waals surface area contributed by atoms with E-state index in [9.17, 15) is 4.79 Å². The molecule has 0 spiro atoms. The summed E-state index contributed by atoms with van der Waals surface area (Å²) >= 11 is 0. The Kier molecular flexibility index (Phi) is 5.74. The fraction of sp³-hybridized carbons (Fsp3) is 0.421. The molecule has 0 bridgehead atoms. The highest BCUT2D eigenvalue weighted by atomic mass is 35.5. The molecule has 7 heteroatoms. The van der Waals surface area contributed by atoms with E-state index in [2.05, 4.69) is 20.9 Å². The lowest BCUT2D eigenvalue weighted by molar-refractivity contribution is 0.0779. The Morgan fingerprint density at radius 3 is 2.69 bits per heavy atom. The van der Waals surface area contributed by atoms with Crippen LogP contribution in [-0.4, -0.2) is 53.6 Å². The van der Waals surface area contributed by atoms with Crippen molar-refractivity contribution in [1.29, 1.82) is 0 Å². The van der Waals surface area contributed by atoms with Gasteiger partial charge in [0.15, 0.2) is 0 Å². The van der Waals surface area contributed by atoms with Crippen LogP contribution < -0.4 is 4.90 Å². The summed E-state index contributed by atoms with van der Waals surface area (Å²) < 4.78 is 5.42. The van der Waals surface area contributed by atoms with Crippen LogP contribution in [0.5, 0.6) is 0 Å². The Balaban J connectivity index is 0.00000196. The van der Waals surface area contributed by atoms with E-state index < -0.39 is 0 Å². The lowest BCUT2D eigenvalue weighted by Gasteiger charge is -2.30. The largest absolute Gasteiger partial charge is 0.378 e. The van der Waals surface area contributed by atoms with Crippen molar-refractivity contribution in [2.24, 2.45) is 0 Å². The van der Waals surface area contributed by atoms with Crippen molar-refractivity contribution in [3.05, 3.63) is 53.1 Å². The van der Waals surface area contributed by atoms with Crippen LogP contribution in [0.3, 0.4) is 0 Å². The molecule has 26 heavy (non-hydrogen) atoms. The Labute approximate surface area is 159 Å². The second-order valence-electron chi connectivity index (χ2n) is 6.55. The summed E-state index contributed by atoms with van der Waals surface area (Å²) in [4.78, 5) is 25.9. The highest BCUT2D eigenvalue weighted by Crippen LogP contribution is 2.30. The fourth-order valence-electron chi connectivity index (χ4n) is 3.40. The van der Waals surface area contributed by atoms with Gasteiger partial charge in [-0.15, -0.1) is 12.4 Å². The van der Waals surface area contributed by atoms with Crippen LogP contribution in [0.1, 0.15) is 27.3 Å². The Hall–Kier alpha value is -2.18. The third-order valence-electron chi connectivity index (χ3n) is 4.81. The first-order valence-corrected chi connectivity index (χ1v) is 8.74. The number of fused-ring (bicyclic) bond motifs is 1. The molecule has 0 aromatic carbocycles. The lowest BCUT2D eigenvalue weighted by atomic mass is 10.1. The summed E-state index contributed by atoms with van der Waals surface area (Å²) in [6.45, 7) is 6.30. The SMILES string of the molecule is Cc1ccc(CCN2Cc3nccc(N4CCOCC4)c3C2=O)nc1.Cl. The molecule has 0 unspecified atom stereocenters. The molecule has 1 fully saturated rings. The van der Waals surface area contributed by atoms with Gasteiger partial charge in [-0.3, -0.25) is 14.8 Å². The molecule has 2 aliphatic heterocycles. The molecular formula is C19H23ClN4O2. The molecule has 1 saturated heterocycles. The van der Waals surface area contributed by atoms with Gasteiger partial charge in [-0.25, -0.2) is 0 Å². The first-order chi connectivity index (χ1) is 12.2. The average Bonchev–Trinajstić information content (AvgIpc) is 2.98. The van der Waals surface area contributed by atoms with E-state index in [-0.39, 0.29) is 18.3 Å². The molecule has 0 radical (unpaired) electrons. The second-order valence-corrected chi connectivity index (χ2v) is 6.55. The van der Waals surface area contributed by atoms with E-state index >= 15 is 0 Å². The number of halogens is 1. The summed E-state index contributed by atoms with van der Waals surface area (Å²) in [5.74, 6) is 0.0803. The zero-order valence-corrected chi connectivity index (χ0v) is 15.7. The summed E-state index contributed by atoms with van der Waals surface area (Å²) in [7, 11) is 0. The molecule has 0 saturated carbocycles. The van der Waals surface area contributed by atoms with Crippen LogP contribution in [-0.2, 0) is 17.7 Å². The normalized spacial score (nSPS) is 16.4. The van der Waals surface area contributed by atoms with Crippen LogP contribution in [0.15, 0.2) is 30.6 Å². The highest BCUT2D eigenvalue weighted by molar-refractivity contribution is 6.03. The minimum Gasteiger partial charge on any atom is -0.378 e. The highest BCUT2D eigenvalue weighted by Gasteiger charge is 2.32. The number of hydrogen-bond acceptors (Lipinski definition) is 5. The molecular weight excluding hydrogens is 352 g/mol. The van der Waals surface area contributed by atoms with Gasteiger partial charge >= 0.3 is 0 Å². The van der Waals surface area contributed by atoms with Crippen molar-refractivity contribution in [3.8, 4) is 0 Å². The van der Waals surface area contributed by atoms with Crippen molar-refractivity contribution in [1.82, 2.24) is 14.9 Å². The maximum Gasteiger partial charge on any atom is 0.258 e. The van der Waals surface area contributed by atoms with Crippen LogP contribution >= 0.6 is 12.4 Å². The standard InChI is InChI=1S/C19H22N4O2.ClH/c1-14-2-3-15(21-12-14)5-7-23-13-16-18(19(23)24)17(4-6-20-16)22-8-10-25-11-9-22;/h2-4,6,12H,5,7-11,13H2,1H3;1H. The van der Waals surface area contributed by atoms with Crippen LogP contribution in [0.2, 0.25) is 0 Å². The van der Waals surface area contributed by atoms with Gasteiger partial charge in [-0.1, -0.05) is 6.07 Å². The quantitative estimate of drug-likeness (QED) is 0.821. The number of anilines is 1. The molecule has 0 atom stereocenters. The van der Waals surface area contributed by atoms with Gasteiger partial charge in [-0.05, 0) is 24.6 Å². The summed E-state index contributed by atoms with van der Waals surface area (Å²) in [5.41, 5.74) is 4.80. The van der Waals surface area contributed by atoms with E-state index in [4.69, 9.17) is 4.74 Å². The molecule has 1 amide bonds. The molecule has 0 aliphatic carbocycles. The van der Waals surface area contributed by atoms with Gasteiger partial charge in [0, 0.05) is 44.1 Å². The molecule has 2 aromatic rings. The Morgan fingerprint density at radius 2 is 1.96 bits per heavy atom. The molecule has 2 aromatic heterocycles. The molecule has 4 rings (SSSR count). The van der Waals surface area contributed by atoms with Crippen LogP contribution in [0, 0.1) is 6.92 Å². The Morgan fingerprint density at radius 1 is 1.15 bits per heavy atom. The molecule has 4 heterocycles. The van der Waals surface area contributed by atoms with Gasteiger partial charge in [0.1, 0.15) is 0 Å². The lowest BCUT2D eigenvalue weighted by Crippen LogP contribution is -2.37. The number of rotatable bonds is 4. The van der Waals surface area contributed by atoms with E-state index in [0.29, 0.717) is 26.3 Å². The number of aromatic nitrogens is 2. The zero-order chi connectivity index (χ0) is 17.2. The third-order valence-corrected chi connectivity index (χ3v) is 4.81. The number of carbonyl (C=O) groups is 1. The predicted octanol–water partition coefficient (Wildman–Crippen LogP) is 2.24. The number of amides is 1. The maximum atomic E-state index is 12.9. The number of ether oxygens (including phenoxy) is 1.